The normalized spacial score (nSPS) is 12.8. The van der Waals surface area contributed by atoms with Gasteiger partial charge in [0, 0.05) is 17.7 Å². The van der Waals surface area contributed by atoms with E-state index in [2.05, 4.69) is 0 Å². The summed E-state index contributed by atoms with van der Waals surface area (Å²) in [5.74, 6) is -0.780. The molecule has 0 aromatic heterocycles. The minimum absolute atomic E-state index is 0.111. The molecular formula is C13H17NO6. The van der Waals surface area contributed by atoms with Gasteiger partial charge < -0.3 is 14.9 Å². The van der Waals surface area contributed by atoms with E-state index in [1.54, 1.807) is 0 Å². The average Bonchev–Trinajstić information content (AvgIpc) is 2.35. The summed E-state index contributed by atoms with van der Waals surface area (Å²) in [7, 11) is 0. The molecule has 0 aliphatic carbocycles. The summed E-state index contributed by atoms with van der Waals surface area (Å²) in [5, 5.41) is 29.3. The second kappa shape index (κ2) is 5.87. The minimum atomic E-state index is -1.10. The van der Waals surface area contributed by atoms with Gasteiger partial charge in [-0.1, -0.05) is 0 Å². The Morgan fingerprint density at radius 3 is 2.55 bits per heavy atom. The van der Waals surface area contributed by atoms with Crippen LogP contribution in [0.3, 0.4) is 0 Å². The van der Waals surface area contributed by atoms with Crippen molar-refractivity contribution in [2.24, 2.45) is 5.41 Å². The summed E-state index contributed by atoms with van der Waals surface area (Å²) in [6.07, 6.45) is -0.960. The summed E-state index contributed by atoms with van der Waals surface area (Å²) < 4.78 is 5.40. The molecule has 0 spiro atoms. The SMILES string of the molecule is C[C@@H](O)c1cc([N+](=O)[O-])ccc1OCC(C)(C)C(=O)O. The zero-order valence-electron chi connectivity index (χ0n) is 11.5. The second-order valence-electron chi connectivity index (χ2n) is 5.13. The third kappa shape index (κ3) is 3.67. The molecule has 0 bridgehead atoms. The van der Waals surface area contributed by atoms with Crippen LogP contribution in [0.15, 0.2) is 18.2 Å². The first-order valence-corrected chi connectivity index (χ1v) is 5.98. The van der Waals surface area contributed by atoms with Crippen molar-refractivity contribution in [2.45, 2.75) is 26.9 Å². The van der Waals surface area contributed by atoms with Crippen molar-refractivity contribution in [3.8, 4) is 5.75 Å². The highest BCUT2D eigenvalue weighted by atomic mass is 16.6. The van der Waals surface area contributed by atoms with Crippen LogP contribution in [0.2, 0.25) is 0 Å². The summed E-state index contributed by atoms with van der Waals surface area (Å²) in [5.41, 5.74) is -1.01. The van der Waals surface area contributed by atoms with Gasteiger partial charge in [-0.2, -0.15) is 0 Å². The highest BCUT2D eigenvalue weighted by Gasteiger charge is 2.29. The Bertz CT molecular complexity index is 524. The fourth-order valence-electron chi connectivity index (χ4n) is 1.43. The Hall–Kier alpha value is -2.15. The number of non-ortho nitro benzene ring substituents is 1. The molecule has 1 atom stereocenters. The zero-order valence-corrected chi connectivity index (χ0v) is 11.5. The maximum atomic E-state index is 11.0. The first-order valence-electron chi connectivity index (χ1n) is 5.98. The lowest BCUT2D eigenvalue weighted by Gasteiger charge is -2.21. The summed E-state index contributed by atoms with van der Waals surface area (Å²) in [6, 6.07) is 3.82. The number of aliphatic hydroxyl groups is 1. The lowest BCUT2D eigenvalue weighted by atomic mass is 9.95. The number of hydrogen-bond donors (Lipinski definition) is 2. The van der Waals surface area contributed by atoms with Gasteiger partial charge >= 0.3 is 5.97 Å². The predicted octanol–water partition coefficient (Wildman–Crippen LogP) is 2.14. The van der Waals surface area contributed by atoms with Crippen LogP contribution in [0.25, 0.3) is 0 Å². The van der Waals surface area contributed by atoms with E-state index in [1.807, 2.05) is 0 Å². The average molecular weight is 283 g/mol. The van der Waals surface area contributed by atoms with Crippen LogP contribution < -0.4 is 4.74 Å². The number of nitro benzene ring substituents is 1. The molecule has 0 aliphatic rings. The van der Waals surface area contributed by atoms with Gasteiger partial charge in [0.15, 0.2) is 0 Å². The topological polar surface area (TPSA) is 110 Å². The van der Waals surface area contributed by atoms with E-state index in [-0.39, 0.29) is 23.6 Å². The lowest BCUT2D eigenvalue weighted by Crippen LogP contribution is -2.30. The standard InChI is InChI=1S/C13H17NO6/c1-8(15)10-6-9(14(18)19)4-5-11(10)20-7-13(2,3)12(16)17/h4-6,8,15H,7H2,1-3H3,(H,16,17)/t8-/m1/s1. The van der Waals surface area contributed by atoms with Crippen LogP contribution in [-0.4, -0.2) is 27.7 Å². The van der Waals surface area contributed by atoms with Crippen LogP contribution in [0.4, 0.5) is 5.69 Å². The van der Waals surface area contributed by atoms with E-state index in [4.69, 9.17) is 9.84 Å². The molecule has 1 rings (SSSR count). The number of benzene rings is 1. The fraction of sp³-hybridized carbons (Fsp3) is 0.462. The highest BCUT2D eigenvalue weighted by Crippen LogP contribution is 2.30. The van der Waals surface area contributed by atoms with Crippen LogP contribution >= 0.6 is 0 Å². The van der Waals surface area contributed by atoms with Gasteiger partial charge in [-0.25, -0.2) is 0 Å². The van der Waals surface area contributed by atoms with Gasteiger partial charge in [-0.3, -0.25) is 14.9 Å². The fourth-order valence-corrected chi connectivity index (χ4v) is 1.43. The lowest BCUT2D eigenvalue weighted by molar-refractivity contribution is -0.385. The van der Waals surface area contributed by atoms with Crippen molar-refractivity contribution in [3.63, 3.8) is 0 Å². The monoisotopic (exact) mass is 283 g/mol. The Balaban J connectivity index is 3.01. The van der Waals surface area contributed by atoms with Gasteiger partial charge in [0.25, 0.3) is 5.69 Å². The zero-order chi connectivity index (χ0) is 15.5. The Morgan fingerprint density at radius 1 is 1.50 bits per heavy atom. The molecule has 0 saturated carbocycles. The molecule has 20 heavy (non-hydrogen) atoms. The summed E-state index contributed by atoms with van der Waals surface area (Å²) in [4.78, 5) is 21.1. The molecule has 2 N–H and O–H groups in total. The molecule has 0 unspecified atom stereocenters. The van der Waals surface area contributed by atoms with Crippen molar-refractivity contribution in [2.75, 3.05) is 6.61 Å². The number of carboxylic acids is 1. The Morgan fingerprint density at radius 2 is 2.10 bits per heavy atom. The van der Waals surface area contributed by atoms with E-state index in [0.29, 0.717) is 0 Å². The summed E-state index contributed by atoms with van der Waals surface area (Å²) >= 11 is 0. The first kappa shape index (κ1) is 15.9. The van der Waals surface area contributed by atoms with Crippen LogP contribution in [0, 0.1) is 15.5 Å². The predicted molar refractivity (Wildman–Crippen MR) is 70.6 cm³/mol. The molecule has 1 aromatic carbocycles. The van der Waals surface area contributed by atoms with Crippen molar-refractivity contribution in [1.29, 1.82) is 0 Å². The number of rotatable bonds is 6. The molecule has 110 valence electrons. The highest BCUT2D eigenvalue weighted by molar-refractivity contribution is 5.73. The molecule has 0 saturated heterocycles. The number of hydrogen-bond acceptors (Lipinski definition) is 5. The number of aliphatic hydroxyl groups excluding tert-OH is 1. The number of aliphatic carboxylic acids is 1. The molecular weight excluding hydrogens is 266 g/mol. The molecule has 0 radical (unpaired) electrons. The van der Waals surface area contributed by atoms with Gasteiger partial charge in [-0.05, 0) is 26.8 Å². The van der Waals surface area contributed by atoms with Crippen molar-refractivity contribution >= 4 is 11.7 Å². The van der Waals surface area contributed by atoms with E-state index < -0.39 is 22.4 Å². The van der Waals surface area contributed by atoms with E-state index >= 15 is 0 Å². The molecule has 7 nitrogen and oxygen atoms in total. The number of carboxylic acid groups (broad SMARTS) is 1. The number of ether oxygens (including phenoxy) is 1. The van der Waals surface area contributed by atoms with E-state index in [0.717, 1.165) is 0 Å². The van der Waals surface area contributed by atoms with Crippen LogP contribution in [0.5, 0.6) is 5.75 Å². The van der Waals surface area contributed by atoms with Crippen molar-refractivity contribution in [1.82, 2.24) is 0 Å². The van der Waals surface area contributed by atoms with Crippen molar-refractivity contribution < 1.29 is 24.7 Å². The largest absolute Gasteiger partial charge is 0.492 e. The van der Waals surface area contributed by atoms with E-state index in [1.165, 1.54) is 39.0 Å². The third-order valence-corrected chi connectivity index (χ3v) is 2.82. The van der Waals surface area contributed by atoms with Gasteiger partial charge in [0.05, 0.1) is 16.4 Å². The molecule has 0 amide bonds. The molecule has 0 aliphatic heterocycles. The van der Waals surface area contributed by atoms with E-state index in [9.17, 15) is 20.0 Å². The second-order valence-corrected chi connectivity index (χ2v) is 5.13. The molecule has 1 aromatic rings. The maximum Gasteiger partial charge on any atom is 0.312 e. The van der Waals surface area contributed by atoms with Gasteiger partial charge in [0.1, 0.15) is 12.4 Å². The number of nitro groups is 1. The third-order valence-electron chi connectivity index (χ3n) is 2.82. The van der Waals surface area contributed by atoms with Gasteiger partial charge in [0.2, 0.25) is 0 Å². The Kier molecular flexibility index (Phi) is 4.67. The summed E-state index contributed by atoms with van der Waals surface area (Å²) in [6.45, 7) is 4.35. The molecule has 7 heteroatoms. The van der Waals surface area contributed by atoms with Crippen LogP contribution in [0.1, 0.15) is 32.4 Å². The first-order chi connectivity index (χ1) is 9.15. The number of carbonyl (C=O) groups is 1. The quantitative estimate of drug-likeness (QED) is 0.611. The molecule has 0 fully saturated rings. The minimum Gasteiger partial charge on any atom is -0.492 e. The van der Waals surface area contributed by atoms with Crippen molar-refractivity contribution in [3.05, 3.63) is 33.9 Å². The Labute approximate surface area is 116 Å². The van der Waals surface area contributed by atoms with Crippen LogP contribution in [-0.2, 0) is 4.79 Å². The number of nitrogens with zero attached hydrogens (tertiary/aromatic N) is 1. The van der Waals surface area contributed by atoms with Gasteiger partial charge in [-0.15, -0.1) is 0 Å². The molecule has 0 heterocycles. The smallest absolute Gasteiger partial charge is 0.312 e. The maximum absolute atomic E-state index is 11.0.